The number of carbonyl (C=O) groups is 1. The number of fused-ring (bicyclic) bond motifs is 1. The third-order valence-electron chi connectivity index (χ3n) is 5.45. The number of benzene rings is 1. The van der Waals surface area contributed by atoms with Crippen molar-refractivity contribution in [1.29, 1.82) is 0 Å². The van der Waals surface area contributed by atoms with Crippen LogP contribution in [0.4, 0.5) is 0 Å². The Morgan fingerprint density at radius 1 is 1.18 bits per heavy atom. The summed E-state index contributed by atoms with van der Waals surface area (Å²) in [6, 6.07) is 5.94. The Kier molecular flexibility index (Phi) is 4.92. The van der Waals surface area contributed by atoms with Crippen LogP contribution in [-0.2, 0) is 16.1 Å². The molecule has 1 aromatic carbocycles. The zero-order valence-electron chi connectivity index (χ0n) is 15.6. The van der Waals surface area contributed by atoms with E-state index in [1.54, 1.807) is 11.3 Å². The number of nitrogens with zero attached hydrogens (tertiary/aromatic N) is 3. The molecule has 0 aliphatic carbocycles. The molecule has 1 aromatic heterocycles. The largest absolute Gasteiger partial charge is 0.454 e. The molecule has 0 saturated carbocycles. The minimum atomic E-state index is -0.214. The van der Waals surface area contributed by atoms with Crippen molar-refractivity contribution < 1.29 is 19.0 Å². The van der Waals surface area contributed by atoms with Crippen molar-refractivity contribution in [1.82, 2.24) is 14.8 Å². The van der Waals surface area contributed by atoms with Gasteiger partial charge in [-0.15, -0.1) is 11.3 Å². The highest BCUT2D eigenvalue weighted by molar-refractivity contribution is 7.13. The summed E-state index contributed by atoms with van der Waals surface area (Å²) in [5.74, 6) is 1.73. The lowest BCUT2D eigenvalue weighted by atomic mass is 10.2. The van der Waals surface area contributed by atoms with E-state index in [4.69, 9.17) is 19.2 Å². The Hall–Kier alpha value is -2.16. The summed E-state index contributed by atoms with van der Waals surface area (Å²) in [5.41, 5.74) is 2.11. The van der Waals surface area contributed by atoms with E-state index in [1.807, 2.05) is 23.1 Å². The first-order valence-electron chi connectivity index (χ1n) is 9.73. The van der Waals surface area contributed by atoms with Gasteiger partial charge in [0.15, 0.2) is 11.5 Å². The van der Waals surface area contributed by atoms with Gasteiger partial charge in [-0.25, -0.2) is 4.98 Å². The molecule has 0 unspecified atom stereocenters. The van der Waals surface area contributed by atoms with E-state index in [-0.39, 0.29) is 18.8 Å². The first-order valence-corrected chi connectivity index (χ1v) is 10.6. The van der Waals surface area contributed by atoms with Crippen molar-refractivity contribution in [3.63, 3.8) is 0 Å². The molecule has 2 fully saturated rings. The summed E-state index contributed by atoms with van der Waals surface area (Å²) in [4.78, 5) is 21.6. The van der Waals surface area contributed by atoms with E-state index in [1.165, 1.54) is 0 Å². The molecule has 0 bridgehead atoms. The first-order chi connectivity index (χ1) is 13.8. The Morgan fingerprint density at radius 3 is 2.86 bits per heavy atom. The minimum Gasteiger partial charge on any atom is -0.454 e. The third kappa shape index (κ3) is 3.59. The predicted molar refractivity (Wildman–Crippen MR) is 105 cm³/mol. The van der Waals surface area contributed by atoms with Crippen molar-refractivity contribution in [2.45, 2.75) is 25.5 Å². The summed E-state index contributed by atoms with van der Waals surface area (Å²) in [6.07, 6.45) is 1.64. The average molecular weight is 401 g/mol. The van der Waals surface area contributed by atoms with Crippen molar-refractivity contribution in [2.75, 3.05) is 39.6 Å². The van der Waals surface area contributed by atoms with Crippen LogP contribution >= 0.6 is 11.3 Å². The molecule has 3 aliphatic rings. The smallest absolute Gasteiger partial charge is 0.251 e. The van der Waals surface area contributed by atoms with Crippen LogP contribution in [0, 0.1) is 0 Å². The van der Waals surface area contributed by atoms with E-state index in [2.05, 4.69) is 10.3 Å². The van der Waals surface area contributed by atoms with E-state index in [0.717, 1.165) is 73.3 Å². The van der Waals surface area contributed by atoms with E-state index < -0.39 is 0 Å². The number of aromatic nitrogens is 1. The van der Waals surface area contributed by atoms with Crippen molar-refractivity contribution in [3.8, 4) is 22.1 Å². The summed E-state index contributed by atoms with van der Waals surface area (Å²) < 4.78 is 16.4. The standard InChI is InChI=1S/C20H23N3O4S/c24-20(17-2-1-9-25-17)23-7-5-22(6-8-23)11-15-12-28-19(21-15)14-3-4-16-18(10-14)27-13-26-16/h3-4,10,12,17H,1-2,5-9,11,13H2/t17-/m1/s1. The molecule has 1 atom stereocenters. The zero-order chi connectivity index (χ0) is 18.9. The fraction of sp³-hybridized carbons (Fsp3) is 0.500. The molecule has 0 radical (unpaired) electrons. The topological polar surface area (TPSA) is 64.1 Å². The molecular weight excluding hydrogens is 378 g/mol. The van der Waals surface area contributed by atoms with Crippen LogP contribution in [0.5, 0.6) is 11.5 Å². The number of rotatable bonds is 4. The van der Waals surface area contributed by atoms with E-state index >= 15 is 0 Å². The van der Waals surface area contributed by atoms with Crippen molar-refractivity contribution >= 4 is 17.2 Å². The van der Waals surface area contributed by atoms with Gasteiger partial charge in [-0.1, -0.05) is 0 Å². The maximum absolute atomic E-state index is 12.5. The molecule has 4 heterocycles. The number of thiazole rings is 1. The number of amides is 1. The summed E-state index contributed by atoms with van der Waals surface area (Å²) >= 11 is 1.64. The molecule has 2 saturated heterocycles. The van der Waals surface area contributed by atoms with Gasteiger partial charge >= 0.3 is 0 Å². The highest BCUT2D eigenvalue weighted by Gasteiger charge is 2.30. The molecule has 148 valence electrons. The Balaban J connectivity index is 1.17. The van der Waals surface area contributed by atoms with Gasteiger partial charge in [0.05, 0.1) is 5.69 Å². The van der Waals surface area contributed by atoms with Gasteiger partial charge in [0.2, 0.25) is 6.79 Å². The predicted octanol–water partition coefficient (Wildman–Crippen LogP) is 2.36. The lowest BCUT2D eigenvalue weighted by Gasteiger charge is -2.35. The van der Waals surface area contributed by atoms with Crippen LogP contribution < -0.4 is 9.47 Å². The molecule has 1 amide bonds. The quantitative estimate of drug-likeness (QED) is 0.784. The molecule has 7 nitrogen and oxygen atoms in total. The number of hydrogen-bond donors (Lipinski definition) is 0. The van der Waals surface area contributed by atoms with Gasteiger partial charge in [-0.3, -0.25) is 9.69 Å². The van der Waals surface area contributed by atoms with Gasteiger partial charge in [-0.05, 0) is 31.0 Å². The summed E-state index contributed by atoms with van der Waals surface area (Å²) in [6.45, 7) is 5.07. The second-order valence-electron chi connectivity index (χ2n) is 7.32. The zero-order valence-corrected chi connectivity index (χ0v) is 16.5. The second-order valence-corrected chi connectivity index (χ2v) is 8.17. The van der Waals surface area contributed by atoms with Crippen LogP contribution in [0.15, 0.2) is 23.6 Å². The summed E-state index contributed by atoms with van der Waals surface area (Å²) in [7, 11) is 0. The number of piperazine rings is 1. The Labute approximate surface area is 167 Å². The fourth-order valence-electron chi connectivity index (χ4n) is 3.87. The second kappa shape index (κ2) is 7.69. The number of ether oxygens (including phenoxy) is 3. The van der Waals surface area contributed by atoms with Gasteiger partial charge in [-0.2, -0.15) is 0 Å². The van der Waals surface area contributed by atoms with Crippen LogP contribution in [0.2, 0.25) is 0 Å². The first kappa shape index (κ1) is 17.9. The normalized spacial score (nSPS) is 22.0. The van der Waals surface area contributed by atoms with Gasteiger partial charge in [0.25, 0.3) is 5.91 Å². The monoisotopic (exact) mass is 401 g/mol. The van der Waals surface area contributed by atoms with E-state index in [0.29, 0.717) is 6.61 Å². The maximum atomic E-state index is 12.5. The fourth-order valence-corrected chi connectivity index (χ4v) is 4.68. The highest BCUT2D eigenvalue weighted by atomic mass is 32.1. The molecule has 2 aromatic rings. The van der Waals surface area contributed by atoms with Gasteiger partial charge in [0.1, 0.15) is 11.1 Å². The molecule has 8 heteroatoms. The molecule has 28 heavy (non-hydrogen) atoms. The third-order valence-corrected chi connectivity index (χ3v) is 6.39. The minimum absolute atomic E-state index is 0.163. The Bertz CT molecular complexity index is 857. The van der Waals surface area contributed by atoms with Crippen molar-refractivity contribution in [2.24, 2.45) is 0 Å². The lowest BCUT2D eigenvalue weighted by molar-refractivity contribution is -0.142. The molecule has 5 rings (SSSR count). The molecule has 0 N–H and O–H groups in total. The number of hydrogen-bond acceptors (Lipinski definition) is 7. The van der Waals surface area contributed by atoms with Crippen molar-refractivity contribution in [3.05, 3.63) is 29.3 Å². The SMILES string of the molecule is O=C([C@H]1CCCO1)N1CCN(Cc2csc(-c3ccc4c(c3)OCO4)n2)CC1. The van der Waals surface area contributed by atoms with Crippen LogP contribution in [0.25, 0.3) is 10.6 Å². The number of carbonyl (C=O) groups excluding carboxylic acids is 1. The van der Waals surface area contributed by atoms with Crippen LogP contribution in [0.1, 0.15) is 18.5 Å². The molecule has 0 spiro atoms. The summed E-state index contributed by atoms with van der Waals surface area (Å²) in [5, 5.41) is 3.10. The van der Waals surface area contributed by atoms with E-state index in [9.17, 15) is 4.79 Å². The van der Waals surface area contributed by atoms with Crippen LogP contribution in [-0.4, -0.2) is 66.4 Å². The van der Waals surface area contributed by atoms with Gasteiger partial charge in [0, 0.05) is 50.3 Å². The maximum Gasteiger partial charge on any atom is 0.251 e. The van der Waals surface area contributed by atoms with Gasteiger partial charge < -0.3 is 19.1 Å². The average Bonchev–Trinajstić information content (AvgIpc) is 3.48. The molecule has 3 aliphatic heterocycles. The highest BCUT2D eigenvalue weighted by Crippen LogP contribution is 2.36. The van der Waals surface area contributed by atoms with Crippen LogP contribution in [0.3, 0.4) is 0 Å². The molecular formula is C20H23N3O4S. The Morgan fingerprint density at radius 2 is 2.04 bits per heavy atom. The lowest BCUT2D eigenvalue weighted by Crippen LogP contribution is -2.51.